The number of amides is 3. The van der Waals surface area contributed by atoms with Crippen LogP contribution in [0.1, 0.15) is 21.5 Å². The Bertz CT molecular complexity index is 571. The van der Waals surface area contributed by atoms with Crippen LogP contribution in [-0.2, 0) is 4.74 Å². The highest BCUT2D eigenvalue weighted by molar-refractivity contribution is 6.01. The van der Waals surface area contributed by atoms with Crippen molar-refractivity contribution in [3.8, 4) is 0 Å². The number of carboxylic acids is 1. The maximum Gasteiger partial charge on any atom is 0.404 e. The van der Waals surface area contributed by atoms with Crippen LogP contribution in [0.2, 0.25) is 0 Å². The number of primary amides is 1. The molecule has 0 aliphatic heterocycles. The Morgan fingerprint density at radius 1 is 1.29 bits per heavy atom. The maximum absolute atomic E-state index is 11.7. The third-order valence-corrected chi connectivity index (χ3v) is 2.58. The molecular weight excluding hydrogens is 278 g/mol. The number of benzene rings is 1. The zero-order valence-corrected chi connectivity index (χ0v) is 11.7. The van der Waals surface area contributed by atoms with Gasteiger partial charge >= 0.3 is 18.1 Å². The zero-order valence-electron chi connectivity index (χ0n) is 11.7. The second-order valence-corrected chi connectivity index (χ2v) is 4.36. The molecule has 1 rings (SSSR count). The summed E-state index contributed by atoms with van der Waals surface area (Å²) in [5.41, 5.74) is 6.42. The highest BCUT2D eigenvalue weighted by atomic mass is 16.5. The molecule has 0 aliphatic carbocycles. The van der Waals surface area contributed by atoms with Crippen LogP contribution in [-0.4, -0.2) is 36.4 Å². The first-order valence-electron chi connectivity index (χ1n) is 6.13. The number of carbonyl (C=O) groups is 3. The molecule has 5 N–H and O–H groups in total. The number of rotatable bonds is 5. The van der Waals surface area contributed by atoms with Crippen LogP contribution in [0.4, 0.5) is 15.3 Å². The third kappa shape index (κ3) is 5.01. The quantitative estimate of drug-likeness (QED) is 0.606. The van der Waals surface area contributed by atoms with Gasteiger partial charge in [0, 0.05) is 0 Å². The monoisotopic (exact) mass is 295 g/mol. The summed E-state index contributed by atoms with van der Waals surface area (Å²) in [5, 5.41) is 14.1. The minimum Gasteiger partial charge on any atom is -0.478 e. The van der Waals surface area contributed by atoms with Gasteiger partial charge in [0.1, 0.15) is 6.61 Å². The van der Waals surface area contributed by atoms with E-state index in [4.69, 9.17) is 10.8 Å². The molecule has 0 unspecified atom stereocenters. The Kier molecular flexibility index (Phi) is 5.53. The molecule has 114 valence electrons. The smallest absolute Gasteiger partial charge is 0.404 e. The lowest BCUT2D eigenvalue weighted by atomic mass is 10.0. The molecule has 0 atom stereocenters. The predicted molar refractivity (Wildman–Crippen MR) is 75.4 cm³/mol. The predicted octanol–water partition coefficient (Wildman–Crippen LogP) is 1.22. The third-order valence-electron chi connectivity index (χ3n) is 2.58. The van der Waals surface area contributed by atoms with E-state index in [-0.39, 0.29) is 24.4 Å². The number of urea groups is 1. The maximum atomic E-state index is 11.7. The highest BCUT2D eigenvalue weighted by Gasteiger charge is 2.15. The van der Waals surface area contributed by atoms with E-state index in [0.29, 0.717) is 5.56 Å². The van der Waals surface area contributed by atoms with Crippen LogP contribution in [0.5, 0.6) is 0 Å². The molecule has 0 bridgehead atoms. The summed E-state index contributed by atoms with van der Waals surface area (Å²) in [5.74, 6) is -1.13. The van der Waals surface area contributed by atoms with Crippen LogP contribution < -0.4 is 16.4 Å². The SMILES string of the molecule is Cc1cc(C)c(NC(=O)NCCOC(N)=O)c(C(=O)O)c1. The number of nitrogens with one attached hydrogen (secondary N) is 2. The first-order valence-corrected chi connectivity index (χ1v) is 6.13. The number of anilines is 1. The average molecular weight is 295 g/mol. The Hall–Kier alpha value is -2.77. The van der Waals surface area contributed by atoms with Crippen molar-refractivity contribution in [3.05, 3.63) is 28.8 Å². The van der Waals surface area contributed by atoms with Crippen LogP contribution in [0.3, 0.4) is 0 Å². The number of ether oxygens (including phenoxy) is 1. The van der Waals surface area contributed by atoms with Gasteiger partial charge in [0.15, 0.2) is 0 Å². The van der Waals surface area contributed by atoms with E-state index < -0.39 is 18.1 Å². The number of hydrogen-bond acceptors (Lipinski definition) is 4. The minimum absolute atomic E-state index is 0.0102. The van der Waals surface area contributed by atoms with Gasteiger partial charge in [-0.3, -0.25) is 0 Å². The topological polar surface area (TPSA) is 131 Å². The largest absolute Gasteiger partial charge is 0.478 e. The van der Waals surface area contributed by atoms with E-state index >= 15 is 0 Å². The summed E-state index contributed by atoms with van der Waals surface area (Å²) in [6.07, 6.45) is -0.931. The van der Waals surface area contributed by atoms with Crippen molar-refractivity contribution in [2.75, 3.05) is 18.5 Å². The number of hydrogen-bond donors (Lipinski definition) is 4. The van der Waals surface area contributed by atoms with Gasteiger partial charge in [-0.25, -0.2) is 14.4 Å². The van der Waals surface area contributed by atoms with Crippen LogP contribution in [0.25, 0.3) is 0 Å². The minimum atomic E-state index is -1.13. The van der Waals surface area contributed by atoms with Gasteiger partial charge in [0.2, 0.25) is 0 Å². The number of nitrogens with two attached hydrogens (primary N) is 1. The molecule has 8 heteroatoms. The second kappa shape index (κ2) is 7.13. The molecule has 3 amide bonds. The molecule has 1 aromatic rings. The van der Waals surface area contributed by atoms with E-state index in [0.717, 1.165) is 5.56 Å². The van der Waals surface area contributed by atoms with Crippen LogP contribution in [0, 0.1) is 13.8 Å². The number of carboxylic acid groups (broad SMARTS) is 1. The Balaban J connectivity index is 2.72. The Labute approximate surface area is 121 Å². The lowest BCUT2D eigenvalue weighted by Gasteiger charge is -2.13. The molecule has 8 nitrogen and oxygen atoms in total. The van der Waals surface area contributed by atoms with Crippen molar-refractivity contribution in [2.45, 2.75) is 13.8 Å². The number of carbonyl (C=O) groups excluding carboxylic acids is 2. The molecule has 0 radical (unpaired) electrons. The molecule has 0 aromatic heterocycles. The van der Waals surface area contributed by atoms with Crippen LogP contribution >= 0.6 is 0 Å². The summed E-state index contributed by atoms with van der Waals surface area (Å²) < 4.78 is 4.45. The van der Waals surface area contributed by atoms with Gasteiger partial charge in [0.25, 0.3) is 0 Å². The van der Waals surface area contributed by atoms with E-state index in [1.807, 2.05) is 0 Å². The summed E-state index contributed by atoms with van der Waals surface area (Å²) in [7, 11) is 0. The fraction of sp³-hybridized carbons (Fsp3) is 0.308. The summed E-state index contributed by atoms with van der Waals surface area (Å²) >= 11 is 0. The fourth-order valence-electron chi connectivity index (χ4n) is 1.78. The van der Waals surface area contributed by atoms with E-state index in [1.54, 1.807) is 19.9 Å². The zero-order chi connectivity index (χ0) is 16.0. The van der Waals surface area contributed by atoms with E-state index in [2.05, 4.69) is 15.4 Å². The lowest BCUT2D eigenvalue weighted by Crippen LogP contribution is -2.33. The fourth-order valence-corrected chi connectivity index (χ4v) is 1.78. The first-order chi connectivity index (χ1) is 9.81. The lowest BCUT2D eigenvalue weighted by molar-refractivity contribution is 0.0697. The summed E-state index contributed by atoms with van der Waals surface area (Å²) in [6.45, 7) is 3.46. The summed E-state index contributed by atoms with van der Waals surface area (Å²) in [4.78, 5) is 33.2. The van der Waals surface area contributed by atoms with Crippen LogP contribution in [0.15, 0.2) is 12.1 Å². The van der Waals surface area contributed by atoms with Gasteiger partial charge in [-0.05, 0) is 31.0 Å². The molecule has 0 aliphatic rings. The second-order valence-electron chi connectivity index (χ2n) is 4.36. The van der Waals surface area contributed by atoms with Gasteiger partial charge in [0.05, 0.1) is 17.8 Å². The first kappa shape index (κ1) is 16.3. The van der Waals surface area contributed by atoms with Crippen molar-refractivity contribution in [1.29, 1.82) is 0 Å². The Morgan fingerprint density at radius 2 is 1.95 bits per heavy atom. The standard InChI is InChI=1S/C13H17N3O5/c1-7-5-8(2)10(9(6-7)11(17)18)16-13(20)15-3-4-21-12(14)19/h5-6H,3-4H2,1-2H3,(H2,14,19)(H,17,18)(H2,15,16,20). The molecule has 0 spiro atoms. The average Bonchev–Trinajstić information content (AvgIpc) is 2.37. The van der Waals surface area contributed by atoms with E-state index in [1.165, 1.54) is 6.07 Å². The Morgan fingerprint density at radius 3 is 2.52 bits per heavy atom. The number of aromatic carboxylic acids is 1. The van der Waals surface area contributed by atoms with Crippen molar-refractivity contribution in [1.82, 2.24) is 5.32 Å². The summed E-state index contributed by atoms with van der Waals surface area (Å²) in [6, 6.07) is 2.64. The van der Waals surface area contributed by atoms with Crippen molar-refractivity contribution in [2.24, 2.45) is 5.73 Å². The molecule has 21 heavy (non-hydrogen) atoms. The molecular formula is C13H17N3O5. The van der Waals surface area contributed by atoms with Crippen molar-refractivity contribution in [3.63, 3.8) is 0 Å². The molecule has 1 aromatic carbocycles. The number of aryl methyl sites for hydroxylation is 2. The van der Waals surface area contributed by atoms with Gasteiger partial charge in [-0.2, -0.15) is 0 Å². The van der Waals surface area contributed by atoms with Gasteiger partial charge in [-0.15, -0.1) is 0 Å². The van der Waals surface area contributed by atoms with Gasteiger partial charge < -0.3 is 26.2 Å². The van der Waals surface area contributed by atoms with E-state index in [9.17, 15) is 14.4 Å². The van der Waals surface area contributed by atoms with Crippen molar-refractivity contribution < 1.29 is 24.2 Å². The van der Waals surface area contributed by atoms with Crippen molar-refractivity contribution >= 4 is 23.8 Å². The highest BCUT2D eigenvalue weighted by Crippen LogP contribution is 2.22. The van der Waals surface area contributed by atoms with Gasteiger partial charge in [-0.1, -0.05) is 6.07 Å². The molecule has 0 fully saturated rings. The normalized spacial score (nSPS) is 9.81. The molecule has 0 saturated carbocycles. The molecule has 0 heterocycles. The molecule has 0 saturated heterocycles.